The van der Waals surface area contributed by atoms with E-state index in [4.69, 9.17) is 4.42 Å². The molecule has 74 valence electrons. The molecule has 0 saturated carbocycles. The molecule has 1 N–H and O–H groups in total. The van der Waals surface area contributed by atoms with E-state index in [-0.39, 0.29) is 12.4 Å². The second-order valence-corrected chi connectivity index (χ2v) is 3.93. The van der Waals surface area contributed by atoms with E-state index < -0.39 is 0 Å². The van der Waals surface area contributed by atoms with Gasteiger partial charge in [-0.2, -0.15) is 0 Å². The van der Waals surface area contributed by atoms with Gasteiger partial charge in [0.25, 0.3) is 0 Å². The van der Waals surface area contributed by atoms with Gasteiger partial charge in [-0.1, -0.05) is 6.42 Å². The van der Waals surface area contributed by atoms with E-state index >= 15 is 0 Å². The van der Waals surface area contributed by atoms with Crippen LogP contribution >= 0.6 is 28.3 Å². The van der Waals surface area contributed by atoms with Crippen LogP contribution in [0.2, 0.25) is 0 Å². The largest absolute Gasteiger partial charge is 0.453 e. The number of furan rings is 1. The van der Waals surface area contributed by atoms with Crippen molar-refractivity contribution in [2.45, 2.75) is 25.3 Å². The van der Waals surface area contributed by atoms with Crippen molar-refractivity contribution in [1.29, 1.82) is 0 Å². The van der Waals surface area contributed by atoms with Gasteiger partial charge in [0.2, 0.25) is 0 Å². The van der Waals surface area contributed by atoms with Crippen LogP contribution in [0.25, 0.3) is 0 Å². The zero-order valence-corrected chi connectivity index (χ0v) is 9.66. The lowest BCUT2D eigenvalue weighted by Gasteiger charge is -2.21. The highest BCUT2D eigenvalue weighted by atomic mass is 79.9. The molecule has 0 aromatic carbocycles. The van der Waals surface area contributed by atoms with E-state index in [0.717, 1.165) is 17.0 Å². The van der Waals surface area contributed by atoms with Crippen LogP contribution in [-0.4, -0.2) is 6.54 Å². The van der Waals surface area contributed by atoms with Crippen molar-refractivity contribution < 1.29 is 4.42 Å². The van der Waals surface area contributed by atoms with Crippen LogP contribution < -0.4 is 5.32 Å². The second kappa shape index (κ2) is 5.03. The molecule has 0 amide bonds. The van der Waals surface area contributed by atoms with E-state index in [2.05, 4.69) is 21.2 Å². The molecule has 1 aromatic rings. The smallest absolute Gasteiger partial charge is 0.169 e. The van der Waals surface area contributed by atoms with Crippen LogP contribution in [-0.2, 0) is 0 Å². The first-order valence-electron chi connectivity index (χ1n) is 4.35. The molecule has 4 heteroatoms. The lowest BCUT2D eigenvalue weighted by Crippen LogP contribution is -2.26. The Bertz CT molecular complexity index is 258. The molecule has 2 rings (SSSR count). The average Bonchev–Trinajstić information content (AvgIpc) is 2.54. The summed E-state index contributed by atoms with van der Waals surface area (Å²) in [5, 5.41) is 3.43. The molecular weight excluding hydrogens is 253 g/mol. The number of rotatable bonds is 1. The molecule has 1 saturated heterocycles. The minimum absolute atomic E-state index is 0. The highest BCUT2D eigenvalue weighted by Crippen LogP contribution is 2.26. The summed E-state index contributed by atoms with van der Waals surface area (Å²) in [7, 11) is 0. The van der Waals surface area contributed by atoms with Crippen LogP contribution in [0, 0.1) is 0 Å². The Morgan fingerprint density at radius 1 is 1.38 bits per heavy atom. The van der Waals surface area contributed by atoms with E-state index in [1.54, 1.807) is 0 Å². The van der Waals surface area contributed by atoms with E-state index in [9.17, 15) is 0 Å². The molecule has 0 unspecified atom stereocenters. The van der Waals surface area contributed by atoms with Crippen molar-refractivity contribution in [3.05, 3.63) is 22.6 Å². The van der Waals surface area contributed by atoms with Crippen molar-refractivity contribution in [1.82, 2.24) is 5.32 Å². The minimum atomic E-state index is 0. The van der Waals surface area contributed by atoms with E-state index in [1.165, 1.54) is 19.3 Å². The predicted octanol–water partition coefficient (Wildman–Crippen LogP) is 3.28. The molecule has 0 bridgehead atoms. The van der Waals surface area contributed by atoms with Crippen LogP contribution in [0.3, 0.4) is 0 Å². The zero-order valence-electron chi connectivity index (χ0n) is 7.25. The summed E-state index contributed by atoms with van der Waals surface area (Å²) in [5.74, 6) is 1.06. The molecule has 13 heavy (non-hydrogen) atoms. The lowest BCUT2D eigenvalue weighted by atomic mass is 10.0. The molecule has 2 heterocycles. The number of piperidine rings is 1. The first-order valence-corrected chi connectivity index (χ1v) is 5.14. The number of halogens is 2. The third-order valence-corrected chi connectivity index (χ3v) is 2.67. The summed E-state index contributed by atoms with van der Waals surface area (Å²) < 4.78 is 6.30. The second-order valence-electron chi connectivity index (χ2n) is 3.14. The van der Waals surface area contributed by atoms with Gasteiger partial charge in [-0.25, -0.2) is 0 Å². The Morgan fingerprint density at radius 2 is 2.23 bits per heavy atom. The van der Waals surface area contributed by atoms with Gasteiger partial charge in [-0.15, -0.1) is 12.4 Å². The quantitative estimate of drug-likeness (QED) is 0.844. The standard InChI is InChI=1S/C9H12BrNO.ClH/c10-9-5-4-8(12-9)7-3-1-2-6-11-7;/h4-5,7,11H,1-3,6H2;1H/t7-;/m1./s1. The van der Waals surface area contributed by atoms with Gasteiger partial charge >= 0.3 is 0 Å². The first kappa shape index (κ1) is 11.1. The Labute approximate surface area is 92.6 Å². The highest BCUT2D eigenvalue weighted by molar-refractivity contribution is 9.10. The van der Waals surface area contributed by atoms with Crippen molar-refractivity contribution in [2.24, 2.45) is 0 Å². The normalized spacial score (nSPS) is 22.4. The van der Waals surface area contributed by atoms with Crippen molar-refractivity contribution in [3.63, 3.8) is 0 Å². The van der Waals surface area contributed by atoms with Gasteiger partial charge in [-0.05, 0) is 47.4 Å². The summed E-state index contributed by atoms with van der Waals surface area (Å²) in [4.78, 5) is 0. The fourth-order valence-electron chi connectivity index (χ4n) is 1.61. The SMILES string of the molecule is Brc1ccc([C@H]2CCCCN2)o1.Cl. The lowest BCUT2D eigenvalue weighted by molar-refractivity contribution is 0.344. The van der Waals surface area contributed by atoms with Crippen molar-refractivity contribution in [2.75, 3.05) is 6.54 Å². The highest BCUT2D eigenvalue weighted by Gasteiger charge is 2.17. The van der Waals surface area contributed by atoms with Gasteiger partial charge in [-0.3, -0.25) is 0 Å². The maximum Gasteiger partial charge on any atom is 0.169 e. The van der Waals surface area contributed by atoms with Gasteiger partial charge in [0.15, 0.2) is 4.67 Å². The monoisotopic (exact) mass is 265 g/mol. The summed E-state index contributed by atoms with van der Waals surface area (Å²) in [6, 6.07) is 4.42. The van der Waals surface area contributed by atoms with Crippen LogP contribution in [0.4, 0.5) is 0 Å². The fourth-order valence-corrected chi connectivity index (χ4v) is 1.93. The van der Waals surface area contributed by atoms with E-state index in [1.807, 2.05) is 12.1 Å². The zero-order chi connectivity index (χ0) is 8.39. The topological polar surface area (TPSA) is 25.2 Å². The molecule has 0 radical (unpaired) electrons. The van der Waals surface area contributed by atoms with Crippen LogP contribution in [0.1, 0.15) is 31.1 Å². The number of hydrogen-bond acceptors (Lipinski definition) is 2. The third-order valence-electron chi connectivity index (χ3n) is 2.25. The van der Waals surface area contributed by atoms with Crippen molar-refractivity contribution in [3.8, 4) is 0 Å². The molecule has 1 aliphatic heterocycles. The maximum atomic E-state index is 5.48. The number of hydrogen-bond donors (Lipinski definition) is 1. The summed E-state index contributed by atoms with van der Waals surface area (Å²) in [6.07, 6.45) is 3.79. The van der Waals surface area contributed by atoms with Crippen LogP contribution in [0.15, 0.2) is 21.2 Å². The Balaban J connectivity index is 0.000000845. The van der Waals surface area contributed by atoms with Crippen molar-refractivity contribution >= 4 is 28.3 Å². The molecule has 1 aromatic heterocycles. The average molecular weight is 267 g/mol. The number of nitrogens with one attached hydrogen (secondary N) is 1. The molecule has 1 atom stereocenters. The minimum Gasteiger partial charge on any atom is -0.453 e. The Hall–Kier alpha value is 0.01000. The van der Waals surface area contributed by atoms with Gasteiger partial charge in [0.05, 0.1) is 6.04 Å². The molecule has 0 aliphatic carbocycles. The predicted molar refractivity (Wildman–Crippen MR) is 58.3 cm³/mol. The van der Waals surface area contributed by atoms with Gasteiger partial charge in [0.1, 0.15) is 5.76 Å². The first-order chi connectivity index (χ1) is 5.86. The summed E-state index contributed by atoms with van der Waals surface area (Å²) in [5.41, 5.74) is 0. The molecule has 1 fully saturated rings. The summed E-state index contributed by atoms with van der Waals surface area (Å²) in [6.45, 7) is 1.11. The summed E-state index contributed by atoms with van der Waals surface area (Å²) >= 11 is 3.30. The molecule has 2 nitrogen and oxygen atoms in total. The maximum absolute atomic E-state index is 5.48. The molecule has 0 spiro atoms. The third kappa shape index (κ3) is 2.73. The Kier molecular flexibility index (Phi) is 4.29. The van der Waals surface area contributed by atoms with E-state index in [0.29, 0.717) is 6.04 Å². The molecule has 1 aliphatic rings. The Morgan fingerprint density at radius 3 is 2.77 bits per heavy atom. The van der Waals surface area contributed by atoms with Crippen LogP contribution in [0.5, 0.6) is 0 Å². The molecular formula is C9H13BrClNO. The van der Waals surface area contributed by atoms with Gasteiger partial charge < -0.3 is 9.73 Å². The fraction of sp³-hybridized carbons (Fsp3) is 0.556. The van der Waals surface area contributed by atoms with Gasteiger partial charge in [0, 0.05) is 0 Å².